The molecule has 0 radical (unpaired) electrons. The summed E-state index contributed by atoms with van der Waals surface area (Å²) in [6.07, 6.45) is 3.37. The number of hydrogen-bond acceptors (Lipinski definition) is 7. The number of carbonyl (C=O) groups is 1. The van der Waals surface area contributed by atoms with Gasteiger partial charge in [-0.1, -0.05) is 29.2 Å². The summed E-state index contributed by atoms with van der Waals surface area (Å²) < 4.78 is 6.11. The lowest BCUT2D eigenvalue weighted by molar-refractivity contribution is 0.102. The van der Waals surface area contributed by atoms with Crippen LogP contribution in [0.4, 0.5) is 5.13 Å². The molecule has 1 N–H and O–H groups in total. The summed E-state index contributed by atoms with van der Waals surface area (Å²) in [5, 5.41) is 11.1. The van der Waals surface area contributed by atoms with Crippen LogP contribution >= 0.6 is 23.1 Å². The summed E-state index contributed by atoms with van der Waals surface area (Å²) >= 11 is 2.83. The molecular formula is C13H14N4O2S2. The second-order valence-corrected chi connectivity index (χ2v) is 5.96. The number of amides is 1. The van der Waals surface area contributed by atoms with Gasteiger partial charge in [-0.2, -0.15) is 0 Å². The molecule has 0 aliphatic rings. The lowest BCUT2D eigenvalue weighted by atomic mass is 10.2. The molecule has 2 heterocycles. The van der Waals surface area contributed by atoms with Crippen molar-refractivity contribution < 1.29 is 9.53 Å². The van der Waals surface area contributed by atoms with Gasteiger partial charge in [-0.25, -0.2) is 4.98 Å². The van der Waals surface area contributed by atoms with E-state index in [-0.39, 0.29) is 5.91 Å². The Labute approximate surface area is 130 Å². The molecule has 0 atom stereocenters. The van der Waals surface area contributed by atoms with E-state index >= 15 is 0 Å². The van der Waals surface area contributed by atoms with Gasteiger partial charge in [-0.05, 0) is 19.1 Å². The molecule has 8 heteroatoms. The van der Waals surface area contributed by atoms with E-state index in [4.69, 9.17) is 4.74 Å². The van der Waals surface area contributed by atoms with Gasteiger partial charge in [-0.15, -0.1) is 16.8 Å². The average Bonchev–Trinajstić information content (AvgIpc) is 2.93. The lowest BCUT2D eigenvalue weighted by Crippen LogP contribution is -2.14. The Balaban J connectivity index is 2.07. The van der Waals surface area contributed by atoms with Crippen LogP contribution in [0.25, 0.3) is 0 Å². The predicted octanol–water partition coefficient (Wildman–Crippen LogP) is 2.86. The van der Waals surface area contributed by atoms with E-state index in [1.807, 2.05) is 6.92 Å². The number of aromatic nitrogens is 3. The molecule has 0 bridgehead atoms. The van der Waals surface area contributed by atoms with E-state index in [2.05, 4.69) is 27.1 Å². The molecule has 21 heavy (non-hydrogen) atoms. The highest BCUT2D eigenvalue weighted by atomic mass is 32.2. The number of thioether (sulfide) groups is 1. The molecule has 1 amide bonds. The zero-order chi connectivity index (χ0) is 15.1. The number of ether oxygens (including phenoxy) is 1. The Morgan fingerprint density at radius 1 is 1.57 bits per heavy atom. The van der Waals surface area contributed by atoms with Crippen LogP contribution in [0.1, 0.15) is 17.3 Å². The highest BCUT2D eigenvalue weighted by molar-refractivity contribution is 8.01. The van der Waals surface area contributed by atoms with Gasteiger partial charge in [0, 0.05) is 11.9 Å². The van der Waals surface area contributed by atoms with Crippen LogP contribution in [-0.4, -0.2) is 33.4 Å². The van der Waals surface area contributed by atoms with Gasteiger partial charge in [0.25, 0.3) is 5.91 Å². The summed E-state index contributed by atoms with van der Waals surface area (Å²) in [5.41, 5.74) is 0.370. The largest absolute Gasteiger partial charge is 0.477 e. The van der Waals surface area contributed by atoms with Crippen LogP contribution in [0.15, 0.2) is 35.3 Å². The molecule has 6 nitrogen and oxygen atoms in total. The minimum Gasteiger partial charge on any atom is -0.477 e. The van der Waals surface area contributed by atoms with Crippen LogP contribution in [0.3, 0.4) is 0 Å². The second-order valence-electron chi connectivity index (χ2n) is 3.72. The molecule has 110 valence electrons. The highest BCUT2D eigenvalue weighted by Gasteiger charge is 2.15. The summed E-state index contributed by atoms with van der Waals surface area (Å²) in [6.45, 7) is 5.92. The van der Waals surface area contributed by atoms with Crippen molar-refractivity contribution in [2.45, 2.75) is 11.3 Å². The summed E-state index contributed by atoms with van der Waals surface area (Å²) in [4.78, 5) is 16.3. The van der Waals surface area contributed by atoms with Crippen LogP contribution < -0.4 is 10.1 Å². The number of carbonyl (C=O) groups excluding carboxylic acids is 1. The topological polar surface area (TPSA) is 77.0 Å². The Hall–Kier alpha value is -1.93. The Morgan fingerprint density at radius 2 is 2.43 bits per heavy atom. The van der Waals surface area contributed by atoms with Crippen molar-refractivity contribution in [3.05, 3.63) is 36.5 Å². The van der Waals surface area contributed by atoms with Gasteiger partial charge in [0.05, 0.1) is 6.61 Å². The van der Waals surface area contributed by atoms with E-state index in [9.17, 15) is 4.79 Å². The average molecular weight is 322 g/mol. The first-order valence-electron chi connectivity index (χ1n) is 6.21. The van der Waals surface area contributed by atoms with E-state index in [0.717, 1.165) is 10.1 Å². The van der Waals surface area contributed by atoms with E-state index in [1.54, 1.807) is 24.4 Å². The fourth-order valence-electron chi connectivity index (χ4n) is 1.43. The molecule has 2 rings (SSSR count). The van der Waals surface area contributed by atoms with Gasteiger partial charge in [-0.3, -0.25) is 10.1 Å². The first kappa shape index (κ1) is 15.5. The maximum Gasteiger partial charge on any atom is 0.262 e. The standard InChI is InChI=1S/C13H14N4O2S2/c1-3-8-20-13-17-16-12(21-13)15-10(18)9-6-5-7-14-11(9)19-4-2/h3,5-7H,1,4,8H2,2H3,(H,15,16,18). The molecule has 0 unspecified atom stereocenters. The predicted molar refractivity (Wildman–Crippen MR) is 84.2 cm³/mol. The number of nitrogens with one attached hydrogen (secondary N) is 1. The normalized spacial score (nSPS) is 10.1. The first-order chi connectivity index (χ1) is 10.2. The van der Waals surface area contributed by atoms with Crippen molar-refractivity contribution in [2.24, 2.45) is 0 Å². The van der Waals surface area contributed by atoms with Crippen LogP contribution in [0.2, 0.25) is 0 Å². The number of hydrogen-bond donors (Lipinski definition) is 1. The third-order valence-electron chi connectivity index (χ3n) is 2.25. The number of nitrogens with zero attached hydrogens (tertiary/aromatic N) is 3. The Kier molecular flexibility index (Phi) is 5.70. The molecule has 0 fully saturated rings. The van der Waals surface area contributed by atoms with Crippen molar-refractivity contribution in [1.82, 2.24) is 15.2 Å². The number of pyridine rings is 1. The smallest absolute Gasteiger partial charge is 0.262 e. The van der Waals surface area contributed by atoms with Crippen molar-refractivity contribution in [3.8, 4) is 5.88 Å². The maximum absolute atomic E-state index is 12.2. The molecule has 0 saturated heterocycles. The fourth-order valence-corrected chi connectivity index (χ4v) is 2.94. The zero-order valence-electron chi connectivity index (χ0n) is 11.4. The van der Waals surface area contributed by atoms with Crippen molar-refractivity contribution in [3.63, 3.8) is 0 Å². The van der Waals surface area contributed by atoms with E-state index in [0.29, 0.717) is 23.2 Å². The maximum atomic E-state index is 12.2. The van der Waals surface area contributed by atoms with Crippen molar-refractivity contribution in [2.75, 3.05) is 17.7 Å². The van der Waals surface area contributed by atoms with E-state index < -0.39 is 0 Å². The minimum absolute atomic E-state index is 0.309. The highest BCUT2D eigenvalue weighted by Crippen LogP contribution is 2.26. The first-order valence-corrected chi connectivity index (χ1v) is 8.01. The molecule has 0 spiro atoms. The molecule has 0 saturated carbocycles. The van der Waals surface area contributed by atoms with Crippen LogP contribution in [0, 0.1) is 0 Å². The van der Waals surface area contributed by atoms with Gasteiger partial charge in [0.15, 0.2) is 4.34 Å². The van der Waals surface area contributed by atoms with Gasteiger partial charge >= 0.3 is 0 Å². The third-order valence-corrected chi connectivity index (χ3v) is 4.22. The van der Waals surface area contributed by atoms with Crippen molar-refractivity contribution >= 4 is 34.1 Å². The SMILES string of the molecule is C=CCSc1nnc(NC(=O)c2cccnc2OCC)s1. The lowest BCUT2D eigenvalue weighted by Gasteiger charge is -2.07. The molecule has 0 aromatic carbocycles. The van der Waals surface area contributed by atoms with Crippen molar-refractivity contribution in [1.29, 1.82) is 0 Å². The van der Waals surface area contributed by atoms with Crippen LogP contribution in [-0.2, 0) is 0 Å². The fraction of sp³-hybridized carbons (Fsp3) is 0.231. The number of rotatable bonds is 7. The Morgan fingerprint density at radius 3 is 3.19 bits per heavy atom. The summed E-state index contributed by atoms with van der Waals surface area (Å²) in [5.74, 6) is 0.742. The third kappa shape index (κ3) is 4.27. The molecular weight excluding hydrogens is 308 g/mol. The molecule has 0 aliphatic carbocycles. The second kappa shape index (κ2) is 7.75. The molecule has 2 aromatic heterocycles. The van der Waals surface area contributed by atoms with Crippen LogP contribution in [0.5, 0.6) is 5.88 Å². The Bertz CT molecular complexity index is 630. The zero-order valence-corrected chi connectivity index (χ0v) is 13.0. The quantitative estimate of drug-likeness (QED) is 0.480. The summed E-state index contributed by atoms with van der Waals surface area (Å²) in [6, 6.07) is 3.34. The summed E-state index contributed by atoms with van der Waals surface area (Å²) in [7, 11) is 0. The number of anilines is 1. The monoisotopic (exact) mass is 322 g/mol. The minimum atomic E-state index is -0.317. The molecule has 2 aromatic rings. The van der Waals surface area contributed by atoms with Gasteiger partial charge < -0.3 is 4.74 Å². The van der Waals surface area contributed by atoms with E-state index in [1.165, 1.54) is 23.1 Å². The van der Waals surface area contributed by atoms with Gasteiger partial charge in [0.1, 0.15) is 5.56 Å². The van der Waals surface area contributed by atoms with Gasteiger partial charge in [0.2, 0.25) is 11.0 Å². The molecule has 0 aliphatic heterocycles.